The number of rotatable bonds is 7. The molecule has 10 heteroatoms. The molecule has 7 nitrogen and oxygen atoms in total. The Morgan fingerprint density at radius 2 is 1.89 bits per heavy atom. The molecule has 1 atom stereocenters. The molecule has 1 unspecified atom stereocenters. The highest BCUT2D eigenvalue weighted by Gasteiger charge is 2.45. The van der Waals surface area contributed by atoms with Crippen molar-refractivity contribution in [2.45, 2.75) is 44.9 Å². The largest absolute Gasteiger partial charge is 0.408 e. The van der Waals surface area contributed by atoms with E-state index in [1.165, 1.54) is 28.1 Å². The Hall–Kier alpha value is -3.53. The van der Waals surface area contributed by atoms with Gasteiger partial charge in [-0.2, -0.15) is 13.2 Å². The minimum Gasteiger partial charge on any atom is -0.350 e. The summed E-state index contributed by atoms with van der Waals surface area (Å²) >= 11 is 0. The number of nitrogens with zero attached hydrogens (tertiary/aromatic N) is 5. The number of carbonyl (C=O) groups excluding carboxylic acids is 1. The lowest BCUT2D eigenvalue weighted by Crippen LogP contribution is -2.45. The molecule has 0 saturated carbocycles. The van der Waals surface area contributed by atoms with E-state index in [1.54, 1.807) is 24.3 Å². The number of fused-ring (bicyclic) bond motifs is 1. The molecule has 2 aromatic heterocycles. The molecular weight excluding hydrogens is 457 g/mol. The maximum absolute atomic E-state index is 14.0. The maximum atomic E-state index is 14.0. The van der Waals surface area contributed by atoms with Crippen LogP contribution in [0.5, 0.6) is 0 Å². The van der Waals surface area contributed by atoms with Crippen molar-refractivity contribution in [2.24, 2.45) is 0 Å². The second kappa shape index (κ2) is 9.99. The number of hydrogen-bond donors (Lipinski definition) is 1. The van der Waals surface area contributed by atoms with Crippen LogP contribution >= 0.6 is 0 Å². The van der Waals surface area contributed by atoms with E-state index in [9.17, 15) is 18.0 Å². The number of hydrogen-bond acceptors (Lipinski definition) is 5. The van der Waals surface area contributed by atoms with E-state index in [4.69, 9.17) is 0 Å². The van der Waals surface area contributed by atoms with Gasteiger partial charge < -0.3 is 5.32 Å². The van der Waals surface area contributed by atoms with Gasteiger partial charge in [0, 0.05) is 23.2 Å². The first-order valence-electron chi connectivity index (χ1n) is 11.4. The van der Waals surface area contributed by atoms with Crippen LogP contribution in [0.4, 0.5) is 13.2 Å². The molecule has 1 fully saturated rings. The van der Waals surface area contributed by atoms with Gasteiger partial charge in [0.1, 0.15) is 18.1 Å². The highest BCUT2D eigenvalue weighted by atomic mass is 19.4. The van der Waals surface area contributed by atoms with Gasteiger partial charge in [-0.25, -0.2) is 4.98 Å². The molecule has 3 aromatic rings. The smallest absolute Gasteiger partial charge is 0.350 e. The third kappa shape index (κ3) is 5.43. The number of carbonyl (C=O) groups is 1. The second-order valence-electron chi connectivity index (χ2n) is 8.81. The molecule has 0 aliphatic carbocycles. The van der Waals surface area contributed by atoms with Gasteiger partial charge in [-0.1, -0.05) is 24.8 Å². The van der Waals surface area contributed by atoms with Crippen molar-refractivity contribution in [2.75, 3.05) is 13.1 Å². The van der Waals surface area contributed by atoms with Gasteiger partial charge in [0.15, 0.2) is 5.82 Å². The van der Waals surface area contributed by atoms with Crippen molar-refractivity contribution >= 4 is 23.0 Å². The topological polar surface area (TPSA) is 75.9 Å². The van der Waals surface area contributed by atoms with Crippen LogP contribution in [0.25, 0.3) is 28.6 Å². The molecule has 1 aliphatic heterocycles. The second-order valence-corrected chi connectivity index (χ2v) is 8.81. The first-order chi connectivity index (χ1) is 16.7. The van der Waals surface area contributed by atoms with Gasteiger partial charge in [-0.3, -0.25) is 14.3 Å². The van der Waals surface area contributed by atoms with Gasteiger partial charge in [0.25, 0.3) is 5.91 Å². The number of aromatic nitrogens is 4. The lowest BCUT2D eigenvalue weighted by Gasteiger charge is -2.30. The lowest BCUT2D eigenvalue weighted by molar-refractivity contribution is -0.169. The Morgan fingerprint density at radius 3 is 2.54 bits per heavy atom. The molecule has 184 valence electrons. The van der Waals surface area contributed by atoms with E-state index in [0.717, 1.165) is 18.2 Å². The van der Waals surface area contributed by atoms with Crippen LogP contribution < -0.4 is 5.32 Å². The summed E-state index contributed by atoms with van der Waals surface area (Å²) in [6.45, 7) is 8.14. The fourth-order valence-corrected chi connectivity index (χ4v) is 4.25. The number of amides is 1. The fraction of sp³-hybridized carbons (Fsp3) is 0.360. The summed E-state index contributed by atoms with van der Waals surface area (Å²) < 4.78 is 43.4. The van der Waals surface area contributed by atoms with E-state index in [0.29, 0.717) is 29.9 Å². The summed E-state index contributed by atoms with van der Waals surface area (Å²) in [4.78, 5) is 18.4. The molecular formula is C25H27F3N6O. The van der Waals surface area contributed by atoms with Crippen molar-refractivity contribution < 1.29 is 18.0 Å². The molecule has 0 spiro atoms. The molecule has 3 heterocycles. The maximum Gasteiger partial charge on any atom is 0.408 e. The van der Waals surface area contributed by atoms with Crippen LogP contribution in [0.15, 0.2) is 54.9 Å². The summed E-state index contributed by atoms with van der Waals surface area (Å²) in [7, 11) is 0. The zero-order valence-corrected chi connectivity index (χ0v) is 19.6. The Labute approximate surface area is 201 Å². The van der Waals surface area contributed by atoms with Crippen LogP contribution in [0.1, 0.15) is 37.0 Å². The van der Waals surface area contributed by atoms with Crippen molar-refractivity contribution in [3.63, 3.8) is 0 Å². The molecule has 0 radical (unpaired) electrons. The summed E-state index contributed by atoms with van der Waals surface area (Å²) in [6.07, 6.45) is 0.937. The number of nitrogens with one attached hydrogen (secondary N) is 1. The Morgan fingerprint density at radius 1 is 1.17 bits per heavy atom. The third-order valence-corrected chi connectivity index (χ3v) is 5.83. The molecule has 1 aromatic carbocycles. The summed E-state index contributed by atoms with van der Waals surface area (Å²) in [5.41, 5.74) is 1.45. The molecule has 0 bridgehead atoms. The quantitative estimate of drug-likeness (QED) is 0.493. The minimum absolute atomic E-state index is 0.00822. The van der Waals surface area contributed by atoms with Crippen LogP contribution in [0.2, 0.25) is 0 Å². The zero-order chi connectivity index (χ0) is 25.2. The molecule has 35 heavy (non-hydrogen) atoms. The average Bonchev–Trinajstić information content (AvgIpc) is 3.49. The van der Waals surface area contributed by atoms with Crippen molar-refractivity contribution in [1.29, 1.82) is 0 Å². The van der Waals surface area contributed by atoms with Crippen LogP contribution in [-0.2, 0) is 0 Å². The lowest BCUT2D eigenvalue weighted by atomic mass is 10.1. The molecule has 1 saturated heterocycles. The third-order valence-electron chi connectivity index (χ3n) is 5.83. The SMILES string of the molecule is C=CC(=Cn1cnnc1-c1ccc2ccc(C(=O)NC(C)C)cc2n1)C(N1CCCC1)C(F)(F)F. The number of pyridine rings is 1. The molecule has 1 N–H and O–H groups in total. The van der Waals surface area contributed by atoms with Crippen molar-refractivity contribution in [1.82, 2.24) is 30.0 Å². The Kier molecular flexibility index (Phi) is 7.02. The van der Waals surface area contributed by atoms with Gasteiger partial charge in [-0.15, -0.1) is 10.2 Å². The van der Waals surface area contributed by atoms with E-state index in [-0.39, 0.29) is 23.3 Å². The minimum atomic E-state index is -4.45. The highest BCUT2D eigenvalue weighted by Crippen LogP contribution is 2.33. The number of likely N-dealkylation sites (tertiary alicyclic amines) is 1. The van der Waals surface area contributed by atoms with Crippen molar-refractivity contribution in [3.05, 3.63) is 60.5 Å². The van der Waals surface area contributed by atoms with Crippen LogP contribution in [-0.4, -0.2) is 61.9 Å². The Balaban J connectivity index is 1.71. The molecule has 4 rings (SSSR count). The van der Waals surface area contributed by atoms with E-state index < -0.39 is 12.2 Å². The van der Waals surface area contributed by atoms with Crippen LogP contribution in [0.3, 0.4) is 0 Å². The zero-order valence-electron chi connectivity index (χ0n) is 19.6. The van der Waals surface area contributed by atoms with E-state index >= 15 is 0 Å². The van der Waals surface area contributed by atoms with Gasteiger partial charge in [0.2, 0.25) is 0 Å². The number of benzene rings is 1. The predicted octanol–water partition coefficient (Wildman–Crippen LogP) is 4.69. The predicted molar refractivity (Wildman–Crippen MR) is 128 cm³/mol. The van der Waals surface area contributed by atoms with Crippen LogP contribution in [0, 0.1) is 0 Å². The number of alkyl halides is 3. The standard InChI is InChI=1S/C25H27F3N6O/c1-4-17(22(25(26,27)28)33-11-5-6-12-33)14-34-15-29-32-23(34)20-10-9-18-7-8-19(13-21(18)31-20)24(35)30-16(2)3/h4,7-10,13-16,22H,1,5-6,11-12H2,2-3H3,(H,30,35). The van der Waals surface area contributed by atoms with E-state index in [1.807, 2.05) is 19.9 Å². The first-order valence-corrected chi connectivity index (χ1v) is 11.4. The van der Waals surface area contributed by atoms with Crippen molar-refractivity contribution in [3.8, 4) is 11.5 Å². The summed E-state index contributed by atoms with van der Waals surface area (Å²) in [5, 5.41) is 11.6. The van der Waals surface area contributed by atoms with E-state index in [2.05, 4.69) is 27.1 Å². The monoisotopic (exact) mass is 484 g/mol. The number of halogens is 3. The highest BCUT2D eigenvalue weighted by molar-refractivity contribution is 5.98. The summed E-state index contributed by atoms with van der Waals surface area (Å²) in [5.74, 6) is 0.0709. The normalized spacial score (nSPS) is 16.1. The van der Waals surface area contributed by atoms with Gasteiger partial charge >= 0.3 is 6.18 Å². The van der Waals surface area contributed by atoms with Gasteiger partial charge in [0.05, 0.1) is 5.52 Å². The van der Waals surface area contributed by atoms with Gasteiger partial charge in [-0.05, 0) is 63.6 Å². The first kappa shape index (κ1) is 24.6. The average molecular weight is 485 g/mol. The molecule has 1 aliphatic rings. The Bertz CT molecular complexity index is 1260. The fourth-order valence-electron chi connectivity index (χ4n) is 4.25. The molecule has 1 amide bonds. The summed E-state index contributed by atoms with van der Waals surface area (Å²) in [6, 6.07) is 6.97.